The standard InChI is InChI=1S/C22H32N4/c1-18-14-25(15-19-6-10-21(11-7-19)23(2)3)17-26(18)16-20-8-12-22(13-9-20)24(4)5/h6-13,18H,14-17H2,1-5H3. The lowest BCUT2D eigenvalue weighted by Crippen LogP contribution is -2.28. The second kappa shape index (κ2) is 8.11. The van der Waals surface area contributed by atoms with Gasteiger partial charge in [-0.05, 0) is 42.3 Å². The Balaban J connectivity index is 1.57. The van der Waals surface area contributed by atoms with Crippen LogP contribution in [-0.4, -0.2) is 57.2 Å². The molecule has 140 valence electrons. The zero-order valence-electron chi connectivity index (χ0n) is 16.8. The van der Waals surface area contributed by atoms with Crippen LogP contribution in [0.25, 0.3) is 0 Å². The average molecular weight is 353 g/mol. The Hall–Kier alpha value is -2.04. The molecule has 0 saturated carbocycles. The molecule has 0 N–H and O–H groups in total. The summed E-state index contributed by atoms with van der Waals surface area (Å²) in [6, 6.07) is 18.4. The van der Waals surface area contributed by atoms with Crippen LogP contribution in [0.1, 0.15) is 18.1 Å². The van der Waals surface area contributed by atoms with Gasteiger partial charge in [0.05, 0.1) is 6.67 Å². The van der Waals surface area contributed by atoms with E-state index in [4.69, 9.17) is 0 Å². The van der Waals surface area contributed by atoms with E-state index in [1.165, 1.54) is 22.5 Å². The van der Waals surface area contributed by atoms with Crippen molar-refractivity contribution in [3.63, 3.8) is 0 Å². The molecule has 1 fully saturated rings. The predicted molar refractivity (Wildman–Crippen MR) is 112 cm³/mol. The molecule has 2 aromatic rings. The predicted octanol–water partition coefficient (Wildman–Crippen LogP) is 3.48. The van der Waals surface area contributed by atoms with Crippen molar-refractivity contribution in [2.45, 2.75) is 26.1 Å². The Morgan fingerprint density at radius 1 is 0.769 bits per heavy atom. The molecule has 1 unspecified atom stereocenters. The Morgan fingerprint density at radius 3 is 1.69 bits per heavy atom. The molecular weight excluding hydrogens is 320 g/mol. The first-order valence-electron chi connectivity index (χ1n) is 9.41. The van der Waals surface area contributed by atoms with Crippen molar-refractivity contribution < 1.29 is 0 Å². The molecule has 0 bridgehead atoms. The van der Waals surface area contributed by atoms with Gasteiger partial charge in [0, 0.05) is 65.2 Å². The quantitative estimate of drug-likeness (QED) is 0.789. The topological polar surface area (TPSA) is 13.0 Å². The minimum atomic E-state index is 0.588. The van der Waals surface area contributed by atoms with Crippen molar-refractivity contribution >= 4 is 11.4 Å². The van der Waals surface area contributed by atoms with E-state index in [1.807, 2.05) is 0 Å². The fourth-order valence-electron chi connectivity index (χ4n) is 3.56. The highest BCUT2D eigenvalue weighted by Gasteiger charge is 2.26. The maximum atomic E-state index is 2.57. The monoisotopic (exact) mass is 352 g/mol. The summed E-state index contributed by atoms with van der Waals surface area (Å²) < 4.78 is 0. The van der Waals surface area contributed by atoms with E-state index < -0.39 is 0 Å². The molecule has 0 amide bonds. The van der Waals surface area contributed by atoms with Gasteiger partial charge >= 0.3 is 0 Å². The normalized spacial score (nSPS) is 18.3. The van der Waals surface area contributed by atoms with Crippen molar-refractivity contribution in [3.8, 4) is 0 Å². The van der Waals surface area contributed by atoms with E-state index in [9.17, 15) is 0 Å². The van der Waals surface area contributed by atoms with E-state index in [2.05, 4.69) is 103 Å². The van der Waals surface area contributed by atoms with Gasteiger partial charge in [0.15, 0.2) is 0 Å². The van der Waals surface area contributed by atoms with Crippen LogP contribution in [0.2, 0.25) is 0 Å². The number of nitrogens with zero attached hydrogens (tertiary/aromatic N) is 4. The first kappa shape index (κ1) is 18.7. The molecule has 1 aliphatic heterocycles. The highest BCUT2D eigenvalue weighted by molar-refractivity contribution is 5.46. The summed E-state index contributed by atoms with van der Waals surface area (Å²) in [5.41, 5.74) is 5.29. The maximum Gasteiger partial charge on any atom is 0.0516 e. The average Bonchev–Trinajstić information content (AvgIpc) is 2.95. The third-order valence-corrected chi connectivity index (χ3v) is 5.22. The van der Waals surface area contributed by atoms with Crippen molar-refractivity contribution in [2.75, 3.05) is 51.2 Å². The van der Waals surface area contributed by atoms with Gasteiger partial charge in [0.1, 0.15) is 0 Å². The lowest BCUT2D eigenvalue weighted by molar-refractivity contribution is 0.216. The summed E-state index contributed by atoms with van der Waals surface area (Å²) in [6.07, 6.45) is 0. The van der Waals surface area contributed by atoms with Crippen LogP contribution >= 0.6 is 0 Å². The van der Waals surface area contributed by atoms with Gasteiger partial charge in [-0.3, -0.25) is 9.80 Å². The fraction of sp³-hybridized carbons (Fsp3) is 0.455. The summed E-state index contributed by atoms with van der Waals surface area (Å²) in [7, 11) is 8.33. The fourth-order valence-corrected chi connectivity index (χ4v) is 3.56. The highest BCUT2D eigenvalue weighted by atomic mass is 15.4. The molecule has 0 radical (unpaired) electrons. The maximum absolute atomic E-state index is 2.57. The molecule has 0 aromatic heterocycles. The summed E-state index contributed by atoms with van der Waals surface area (Å²) in [5.74, 6) is 0. The van der Waals surface area contributed by atoms with Gasteiger partial charge in [-0.25, -0.2) is 0 Å². The number of anilines is 2. The minimum absolute atomic E-state index is 0.588. The van der Waals surface area contributed by atoms with Crippen molar-refractivity contribution in [3.05, 3.63) is 59.7 Å². The zero-order valence-corrected chi connectivity index (χ0v) is 16.8. The van der Waals surface area contributed by atoms with Gasteiger partial charge < -0.3 is 9.80 Å². The van der Waals surface area contributed by atoms with E-state index in [0.717, 1.165) is 26.3 Å². The lowest BCUT2D eigenvalue weighted by atomic mass is 10.1. The van der Waals surface area contributed by atoms with E-state index >= 15 is 0 Å². The number of benzene rings is 2. The summed E-state index contributed by atoms with van der Waals surface area (Å²) >= 11 is 0. The van der Waals surface area contributed by atoms with Gasteiger partial charge in [-0.1, -0.05) is 24.3 Å². The minimum Gasteiger partial charge on any atom is -0.378 e. The van der Waals surface area contributed by atoms with Gasteiger partial charge in [-0.2, -0.15) is 0 Å². The second-order valence-electron chi connectivity index (χ2n) is 7.87. The molecule has 0 spiro atoms. The third kappa shape index (κ3) is 4.57. The summed E-state index contributed by atoms with van der Waals surface area (Å²) in [5, 5.41) is 0. The first-order chi connectivity index (χ1) is 12.4. The van der Waals surface area contributed by atoms with Crippen LogP contribution in [0.3, 0.4) is 0 Å². The Morgan fingerprint density at radius 2 is 1.23 bits per heavy atom. The SMILES string of the molecule is CC1CN(Cc2ccc(N(C)C)cc2)CN1Cc1ccc(N(C)C)cc1. The van der Waals surface area contributed by atoms with E-state index in [0.29, 0.717) is 6.04 Å². The zero-order chi connectivity index (χ0) is 18.7. The van der Waals surface area contributed by atoms with Crippen LogP contribution in [0, 0.1) is 0 Å². The van der Waals surface area contributed by atoms with Gasteiger partial charge in [-0.15, -0.1) is 0 Å². The third-order valence-electron chi connectivity index (χ3n) is 5.22. The van der Waals surface area contributed by atoms with Crippen LogP contribution in [0.15, 0.2) is 48.5 Å². The van der Waals surface area contributed by atoms with Crippen LogP contribution in [-0.2, 0) is 13.1 Å². The van der Waals surface area contributed by atoms with Crippen LogP contribution < -0.4 is 9.80 Å². The largest absolute Gasteiger partial charge is 0.378 e. The van der Waals surface area contributed by atoms with Crippen molar-refractivity contribution in [1.29, 1.82) is 0 Å². The molecule has 26 heavy (non-hydrogen) atoms. The molecule has 3 rings (SSSR count). The number of hydrogen-bond donors (Lipinski definition) is 0. The highest BCUT2D eigenvalue weighted by Crippen LogP contribution is 2.21. The van der Waals surface area contributed by atoms with Crippen LogP contribution in [0.5, 0.6) is 0 Å². The van der Waals surface area contributed by atoms with Crippen LogP contribution in [0.4, 0.5) is 11.4 Å². The molecule has 1 saturated heterocycles. The van der Waals surface area contributed by atoms with Crippen molar-refractivity contribution in [2.24, 2.45) is 0 Å². The first-order valence-corrected chi connectivity index (χ1v) is 9.41. The molecule has 4 nitrogen and oxygen atoms in total. The Labute approximate surface area is 158 Å². The summed E-state index contributed by atoms with van der Waals surface area (Å²) in [4.78, 5) is 9.40. The lowest BCUT2D eigenvalue weighted by Gasteiger charge is -2.21. The second-order valence-corrected chi connectivity index (χ2v) is 7.87. The van der Waals surface area contributed by atoms with E-state index in [-0.39, 0.29) is 0 Å². The number of hydrogen-bond acceptors (Lipinski definition) is 4. The summed E-state index contributed by atoms with van der Waals surface area (Å²) in [6.45, 7) is 6.54. The Kier molecular flexibility index (Phi) is 5.84. The molecule has 0 aliphatic carbocycles. The molecular formula is C22H32N4. The number of rotatable bonds is 6. The van der Waals surface area contributed by atoms with Gasteiger partial charge in [0.2, 0.25) is 0 Å². The molecule has 1 aliphatic rings. The Bertz CT molecular complexity index is 691. The smallest absolute Gasteiger partial charge is 0.0516 e. The molecule has 4 heteroatoms. The molecule has 1 atom stereocenters. The van der Waals surface area contributed by atoms with Crippen molar-refractivity contribution in [1.82, 2.24) is 9.80 Å². The molecule has 1 heterocycles. The molecule has 2 aromatic carbocycles. The van der Waals surface area contributed by atoms with Gasteiger partial charge in [0.25, 0.3) is 0 Å². The van der Waals surface area contributed by atoms with E-state index in [1.54, 1.807) is 0 Å².